The van der Waals surface area contributed by atoms with Crippen LogP contribution >= 0.6 is 22.6 Å². The van der Waals surface area contributed by atoms with Gasteiger partial charge in [-0.2, -0.15) is 0 Å². The summed E-state index contributed by atoms with van der Waals surface area (Å²) in [4.78, 5) is 18.0. The van der Waals surface area contributed by atoms with Crippen molar-refractivity contribution in [2.45, 2.75) is 13.0 Å². The maximum absolute atomic E-state index is 13.5. The van der Waals surface area contributed by atoms with Gasteiger partial charge in [0.05, 0.1) is 6.04 Å². The monoisotopic (exact) mass is 384 g/mol. The zero-order chi connectivity index (χ0) is 14.7. The molecule has 20 heavy (non-hydrogen) atoms. The molecular formula is C15H14FIN2O. The van der Waals surface area contributed by atoms with Crippen LogP contribution in [0.25, 0.3) is 0 Å². The molecule has 5 heteroatoms. The van der Waals surface area contributed by atoms with Crippen LogP contribution in [0.5, 0.6) is 0 Å². The molecule has 0 bridgehead atoms. The second kappa shape index (κ2) is 6.30. The highest BCUT2D eigenvalue weighted by Crippen LogP contribution is 2.21. The molecule has 0 aliphatic carbocycles. The molecule has 1 aromatic carbocycles. The van der Waals surface area contributed by atoms with Gasteiger partial charge in [0, 0.05) is 28.6 Å². The Labute approximate surface area is 131 Å². The lowest BCUT2D eigenvalue weighted by Crippen LogP contribution is -2.29. The Morgan fingerprint density at radius 1 is 1.40 bits per heavy atom. The number of pyridine rings is 1. The first-order valence-corrected chi connectivity index (χ1v) is 7.20. The summed E-state index contributed by atoms with van der Waals surface area (Å²) in [6, 6.07) is 8.13. The van der Waals surface area contributed by atoms with Crippen molar-refractivity contribution >= 4 is 28.5 Å². The number of halogens is 2. The molecule has 2 rings (SSSR count). The van der Waals surface area contributed by atoms with Crippen LogP contribution in [-0.2, 0) is 0 Å². The zero-order valence-electron chi connectivity index (χ0n) is 11.2. The highest BCUT2D eigenvalue weighted by atomic mass is 127. The molecule has 1 amide bonds. The molecule has 0 aliphatic heterocycles. The van der Waals surface area contributed by atoms with Gasteiger partial charge in [-0.25, -0.2) is 4.39 Å². The normalized spacial score (nSPS) is 12.0. The number of carbonyl (C=O) groups excluding carboxylic acids is 1. The van der Waals surface area contributed by atoms with E-state index in [2.05, 4.69) is 4.98 Å². The highest BCUT2D eigenvalue weighted by Gasteiger charge is 2.19. The number of hydrogen-bond donors (Lipinski definition) is 0. The number of rotatable bonds is 3. The predicted molar refractivity (Wildman–Crippen MR) is 83.9 cm³/mol. The fraction of sp³-hybridized carbons (Fsp3) is 0.200. The molecule has 1 atom stereocenters. The van der Waals surface area contributed by atoms with Crippen LogP contribution in [0, 0.1) is 9.39 Å². The van der Waals surface area contributed by atoms with Gasteiger partial charge >= 0.3 is 0 Å². The van der Waals surface area contributed by atoms with Crippen molar-refractivity contribution in [2.24, 2.45) is 0 Å². The Morgan fingerprint density at radius 3 is 2.75 bits per heavy atom. The van der Waals surface area contributed by atoms with Crippen molar-refractivity contribution < 1.29 is 9.18 Å². The van der Waals surface area contributed by atoms with E-state index < -0.39 is 0 Å². The lowest BCUT2D eigenvalue weighted by Gasteiger charge is -2.25. The summed E-state index contributed by atoms with van der Waals surface area (Å²) in [5, 5.41) is 0. The maximum Gasteiger partial charge on any atom is 0.254 e. The molecule has 0 N–H and O–H groups in total. The number of amides is 1. The molecule has 104 valence electrons. The molecule has 0 saturated carbocycles. The molecular weight excluding hydrogens is 370 g/mol. The molecule has 0 spiro atoms. The van der Waals surface area contributed by atoms with Crippen molar-refractivity contribution in [3.63, 3.8) is 0 Å². The zero-order valence-corrected chi connectivity index (χ0v) is 13.3. The van der Waals surface area contributed by atoms with Gasteiger partial charge in [0.15, 0.2) is 0 Å². The van der Waals surface area contributed by atoms with E-state index in [1.165, 1.54) is 6.07 Å². The average Bonchev–Trinajstić information content (AvgIpc) is 2.48. The van der Waals surface area contributed by atoms with Gasteiger partial charge in [0.25, 0.3) is 5.91 Å². The topological polar surface area (TPSA) is 33.2 Å². The first-order valence-electron chi connectivity index (χ1n) is 6.13. The van der Waals surface area contributed by atoms with E-state index >= 15 is 0 Å². The fourth-order valence-corrected chi connectivity index (χ4v) is 2.19. The third-order valence-corrected chi connectivity index (χ3v) is 4.11. The van der Waals surface area contributed by atoms with Gasteiger partial charge in [0.2, 0.25) is 0 Å². The van der Waals surface area contributed by atoms with E-state index in [0.29, 0.717) is 9.13 Å². The lowest BCUT2D eigenvalue weighted by atomic mass is 10.1. The molecule has 1 heterocycles. The number of aromatic nitrogens is 1. The van der Waals surface area contributed by atoms with Crippen molar-refractivity contribution in [2.75, 3.05) is 7.05 Å². The van der Waals surface area contributed by atoms with Crippen molar-refractivity contribution in [3.05, 3.63) is 63.2 Å². The van der Waals surface area contributed by atoms with E-state index in [4.69, 9.17) is 0 Å². The molecule has 2 aromatic rings. The third kappa shape index (κ3) is 3.15. The Balaban J connectivity index is 2.22. The van der Waals surface area contributed by atoms with Gasteiger partial charge < -0.3 is 4.90 Å². The van der Waals surface area contributed by atoms with Gasteiger partial charge in [-0.1, -0.05) is 6.07 Å². The Morgan fingerprint density at radius 2 is 2.15 bits per heavy atom. The molecule has 1 unspecified atom stereocenters. The largest absolute Gasteiger partial charge is 0.335 e. The molecule has 0 radical (unpaired) electrons. The number of carbonyl (C=O) groups is 1. The summed E-state index contributed by atoms with van der Waals surface area (Å²) >= 11 is 1.90. The van der Waals surface area contributed by atoms with Crippen molar-refractivity contribution in [1.29, 1.82) is 0 Å². The Bertz CT molecular complexity index is 619. The van der Waals surface area contributed by atoms with Gasteiger partial charge in [0.1, 0.15) is 5.82 Å². The number of hydrogen-bond acceptors (Lipinski definition) is 2. The van der Waals surface area contributed by atoms with E-state index in [1.807, 2.05) is 41.6 Å². The van der Waals surface area contributed by atoms with Gasteiger partial charge in [-0.15, -0.1) is 0 Å². The van der Waals surface area contributed by atoms with E-state index in [9.17, 15) is 9.18 Å². The Hall–Kier alpha value is -1.50. The van der Waals surface area contributed by atoms with Crippen LogP contribution in [0.3, 0.4) is 0 Å². The summed E-state index contributed by atoms with van der Waals surface area (Å²) in [6.45, 7) is 1.91. The van der Waals surface area contributed by atoms with Crippen LogP contribution < -0.4 is 0 Å². The third-order valence-electron chi connectivity index (χ3n) is 3.23. The van der Waals surface area contributed by atoms with Crippen LogP contribution in [0.2, 0.25) is 0 Å². The van der Waals surface area contributed by atoms with Crippen LogP contribution in [0.15, 0.2) is 42.7 Å². The molecule has 0 aliphatic rings. The SMILES string of the molecule is CC(c1cccnc1)N(C)C(=O)c1ccc(I)c(F)c1. The summed E-state index contributed by atoms with van der Waals surface area (Å²) in [7, 11) is 1.70. The summed E-state index contributed by atoms with van der Waals surface area (Å²) in [6.07, 6.45) is 3.41. The summed E-state index contributed by atoms with van der Waals surface area (Å²) in [5.74, 6) is -0.587. The minimum Gasteiger partial charge on any atom is -0.335 e. The number of nitrogens with zero attached hydrogens (tertiary/aromatic N) is 2. The van der Waals surface area contributed by atoms with E-state index in [-0.39, 0.29) is 17.8 Å². The smallest absolute Gasteiger partial charge is 0.254 e. The quantitative estimate of drug-likeness (QED) is 0.757. The van der Waals surface area contributed by atoms with Crippen LogP contribution in [-0.4, -0.2) is 22.8 Å². The van der Waals surface area contributed by atoms with E-state index in [0.717, 1.165) is 5.56 Å². The minimum absolute atomic E-state index is 0.126. The highest BCUT2D eigenvalue weighted by molar-refractivity contribution is 14.1. The molecule has 3 nitrogen and oxygen atoms in total. The summed E-state index contributed by atoms with van der Waals surface area (Å²) < 4.78 is 14.0. The van der Waals surface area contributed by atoms with E-state index in [1.54, 1.807) is 36.5 Å². The standard InChI is InChI=1S/C15H14FIN2O/c1-10(12-4-3-7-18-9-12)19(2)15(20)11-5-6-14(17)13(16)8-11/h3-10H,1-2H3. The Kier molecular flexibility index (Phi) is 4.69. The van der Waals surface area contributed by atoms with Gasteiger partial charge in [-0.05, 0) is 59.3 Å². The van der Waals surface area contributed by atoms with Gasteiger partial charge in [-0.3, -0.25) is 9.78 Å². The summed E-state index contributed by atoms with van der Waals surface area (Å²) in [5.41, 5.74) is 1.29. The second-order valence-electron chi connectivity index (χ2n) is 4.51. The minimum atomic E-state index is -0.376. The first-order chi connectivity index (χ1) is 9.50. The fourth-order valence-electron chi connectivity index (χ4n) is 1.86. The average molecular weight is 384 g/mol. The van der Waals surface area contributed by atoms with Crippen LogP contribution in [0.1, 0.15) is 28.9 Å². The van der Waals surface area contributed by atoms with Crippen LogP contribution in [0.4, 0.5) is 4.39 Å². The second-order valence-corrected chi connectivity index (χ2v) is 5.67. The molecule has 0 fully saturated rings. The van der Waals surface area contributed by atoms with Crippen molar-refractivity contribution in [1.82, 2.24) is 9.88 Å². The molecule has 1 aromatic heterocycles. The number of benzene rings is 1. The lowest BCUT2D eigenvalue weighted by molar-refractivity contribution is 0.0742. The first kappa shape index (κ1) is 14.9. The van der Waals surface area contributed by atoms with Crippen molar-refractivity contribution in [3.8, 4) is 0 Å². The predicted octanol–water partition coefficient (Wildman–Crippen LogP) is 3.66. The molecule has 0 saturated heterocycles. The maximum atomic E-state index is 13.5.